The molecule has 0 spiro atoms. The van der Waals surface area contributed by atoms with Crippen LogP contribution in [0.5, 0.6) is 0 Å². The van der Waals surface area contributed by atoms with Crippen molar-refractivity contribution in [2.24, 2.45) is 0 Å². The fraction of sp³-hybridized carbons (Fsp3) is 0.562. The number of benzene rings is 1. The van der Waals surface area contributed by atoms with E-state index in [1.54, 1.807) is 6.92 Å². The highest BCUT2D eigenvalue weighted by atomic mass is 19.1. The summed E-state index contributed by atoms with van der Waals surface area (Å²) in [5.74, 6) is -0.0197. The normalized spacial score (nSPS) is 18.1. The van der Waals surface area contributed by atoms with Gasteiger partial charge in [-0.3, -0.25) is 4.79 Å². The quantitative estimate of drug-likeness (QED) is 0.917. The van der Waals surface area contributed by atoms with E-state index in [0.717, 1.165) is 37.9 Å². The molecule has 0 saturated carbocycles. The van der Waals surface area contributed by atoms with Crippen LogP contribution >= 0.6 is 0 Å². The molecule has 1 amide bonds. The molecule has 1 N–H and O–H groups in total. The fourth-order valence-corrected chi connectivity index (χ4v) is 2.80. The molecule has 1 heterocycles. The van der Waals surface area contributed by atoms with Crippen molar-refractivity contribution in [3.63, 3.8) is 0 Å². The Morgan fingerprint density at radius 2 is 1.95 bits per heavy atom. The van der Waals surface area contributed by atoms with E-state index in [2.05, 4.69) is 12.2 Å². The number of nitrogens with one attached hydrogen (secondary N) is 1. The SMILES string of the molecule is CC(=O)N1CCC(NC(C)Cc2ccc(F)cc2)CC1. The van der Waals surface area contributed by atoms with E-state index in [-0.39, 0.29) is 11.7 Å². The zero-order chi connectivity index (χ0) is 14.5. The van der Waals surface area contributed by atoms with Gasteiger partial charge in [0.15, 0.2) is 0 Å². The van der Waals surface area contributed by atoms with Crippen molar-refractivity contribution in [1.82, 2.24) is 10.2 Å². The standard InChI is InChI=1S/C16H23FN2O/c1-12(11-14-3-5-15(17)6-4-14)18-16-7-9-19(10-8-16)13(2)20/h3-6,12,16,18H,7-11H2,1-2H3. The molecular weight excluding hydrogens is 255 g/mol. The van der Waals surface area contributed by atoms with Gasteiger partial charge in [-0.25, -0.2) is 4.39 Å². The van der Waals surface area contributed by atoms with Gasteiger partial charge in [0.05, 0.1) is 0 Å². The second kappa shape index (κ2) is 6.84. The Bertz CT molecular complexity index is 438. The molecule has 1 aliphatic heterocycles. The van der Waals surface area contributed by atoms with Crippen LogP contribution in [0.15, 0.2) is 24.3 Å². The molecule has 3 nitrogen and oxygen atoms in total. The molecule has 1 fully saturated rings. The van der Waals surface area contributed by atoms with Crippen LogP contribution in [0, 0.1) is 5.82 Å². The summed E-state index contributed by atoms with van der Waals surface area (Å²) in [6.45, 7) is 5.47. The van der Waals surface area contributed by atoms with Crippen molar-refractivity contribution in [2.45, 2.75) is 45.2 Å². The maximum Gasteiger partial charge on any atom is 0.219 e. The molecule has 1 atom stereocenters. The van der Waals surface area contributed by atoms with Gasteiger partial charge in [-0.2, -0.15) is 0 Å². The fourth-order valence-electron chi connectivity index (χ4n) is 2.80. The molecule has 0 aliphatic carbocycles. The van der Waals surface area contributed by atoms with Crippen molar-refractivity contribution in [2.75, 3.05) is 13.1 Å². The Balaban J connectivity index is 1.76. The van der Waals surface area contributed by atoms with E-state index in [9.17, 15) is 9.18 Å². The van der Waals surface area contributed by atoms with Crippen LogP contribution in [-0.2, 0) is 11.2 Å². The monoisotopic (exact) mass is 278 g/mol. The first-order chi connectivity index (χ1) is 9.54. The molecular formula is C16H23FN2O. The van der Waals surface area contributed by atoms with Crippen LogP contribution < -0.4 is 5.32 Å². The molecule has 1 unspecified atom stereocenters. The Hall–Kier alpha value is -1.42. The minimum absolute atomic E-state index is 0.169. The van der Waals surface area contributed by atoms with Crippen molar-refractivity contribution in [1.29, 1.82) is 0 Å². The highest BCUT2D eigenvalue weighted by Crippen LogP contribution is 2.12. The largest absolute Gasteiger partial charge is 0.343 e. The van der Waals surface area contributed by atoms with Gasteiger partial charge in [0.25, 0.3) is 0 Å². The zero-order valence-electron chi connectivity index (χ0n) is 12.2. The molecule has 1 aromatic carbocycles. The van der Waals surface area contributed by atoms with Crippen LogP contribution in [0.3, 0.4) is 0 Å². The minimum Gasteiger partial charge on any atom is -0.343 e. The summed E-state index contributed by atoms with van der Waals surface area (Å²) in [6, 6.07) is 7.52. The van der Waals surface area contributed by atoms with Gasteiger partial charge in [0, 0.05) is 32.1 Å². The summed E-state index contributed by atoms with van der Waals surface area (Å²) in [4.78, 5) is 13.2. The lowest BCUT2D eigenvalue weighted by molar-refractivity contribution is -0.129. The van der Waals surface area contributed by atoms with Crippen molar-refractivity contribution in [3.05, 3.63) is 35.6 Å². The molecule has 1 saturated heterocycles. The van der Waals surface area contributed by atoms with E-state index >= 15 is 0 Å². The van der Waals surface area contributed by atoms with Gasteiger partial charge in [-0.05, 0) is 43.9 Å². The third-order valence-electron chi connectivity index (χ3n) is 3.92. The number of carbonyl (C=O) groups is 1. The number of halogens is 1. The Morgan fingerprint density at radius 1 is 1.35 bits per heavy atom. The summed E-state index contributed by atoms with van der Waals surface area (Å²) in [5, 5.41) is 3.61. The third-order valence-corrected chi connectivity index (χ3v) is 3.92. The summed E-state index contributed by atoms with van der Waals surface area (Å²) >= 11 is 0. The number of hydrogen-bond acceptors (Lipinski definition) is 2. The van der Waals surface area contributed by atoms with Gasteiger partial charge >= 0.3 is 0 Å². The maximum absolute atomic E-state index is 12.9. The first-order valence-corrected chi connectivity index (χ1v) is 7.30. The molecule has 4 heteroatoms. The van der Waals surface area contributed by atoms with Crippen LogP contribution in [0.25, 0.3) is 0 Å². The number of likely N-dealkylation sites (tertiary alicyclic amines) is 1. The molecule has 1 aromatic rings. The van der Waals surface area contributed by atoms with Gasteiger partial charge < -0.3 is 10.2 Å². The number of hydrogen-bond donors (Lipinski definition) is 1. The third kappa shape index (κ3) is 4.30. The van der Waals surface area contributed by atoms with E-state index in [1.807, 2.05) is 17.0 Å². The van der Waals surface area contributed by atoms with Crippen LogP contribution in [0.4, 0.5) is 4.39 Å². The van der Waals surface area contributed by atoms with Crippen molar-refractivity contribution in [3.8, 4) is 0 Å². The Morgan fingerprint density at radius 3 is 2.50 bits per heavy atom. The minimum atomic E-state index is -0.189. The second-order valence-electron chi connectivity index (χ2n) is 5.68. The average Bonchev–Trinajstić information content (AvgIpc) is 2.42. The van der Waals surface area contributed by atoms with E-state index in [1.165, 1.54) is 12.1 Å². The predicted molar refractivity (Wildman–Crippen MR) is 78.0 cm³/mol. The summed E-state index contributed by atoms with van der Waals surface area (Å²) in [6.07, 6.45) is 2.91. The number of rotatable bonds is 4. The van der Waals surface area contributed by atoms with Gasteiger partial charge in [-0.1, -0.05) is 12.1 Å². The number of piperidine rings is 1. The molecule has 0 aromatic heterocycles. The first-order valence-electron chi connectivity index (χ1n) is 7.30. The second-order valence-corrected chi connectivity index (χ2v) is 5.68. The summed E-state index contributed by atoms with van der Waals surface area (Å²) in [5.41, 5.74) is 1.15. The average molecular weight is 278 g/mol. The molecule has 0 bridgehead atoms. The number of nitrogens with zero attached hydrogens (tertiary/aromatic N) is 1. The van der Waals surface area contributed by atoms with E-state index in [0.29, 0.717) is 12.1 Å². The molecule has 20 heavy (non-hydrogen) atoms. The van der Waals surface area contributed by atoms with Crippen LogP contribution in [-0.4, -0.2) is 36.0 Å². The molecule has 2 rings (SSSR count). The topological polar surface area (TPSA) is 32.3 Å². The summed E-state index contributed by atoms with van der Waals surface area (Å²) < 4.78 is 12.9. The van der Waals surface area contributed by atoms with Gasteiger partial charge in [-0.15, -0.1) is 0 Å². The Kier molecular flexibility index (Phi) is 5.12. The first kappa shape index (κ1) is 15.0. The maximum atomic E-state index is 12.9. The molecule has 1 aliphatic rings. The lowest BCUT2D eigenvalue weighted by Crippen LogP contribution is -2.47. The Labute approximate surface area is 120 Å². The van der Waals surface area contributed by atoms with Gasteiger partial charge in [0.2, 0.25) is 5.91 Å². The zero-order valence-corrected chi connectivity index (χ0v) is 12.2. The van der Waals surface area contributed by atoms with Gasteiger partial charge in [0.1, 0.15) is 5.82 Å². The number of carbonyl (C=O) groups excluding carboxylic acids is 1. The molecule has 110 valence electrons. The van der Waals surface area contributed by atoms with E-state index < -0.39 is 0 Å². The van der Waals surface area contributed by atoms with E-state index in [4.69, 9.17) is 0 Å². The molecule has 0 radical (unpaired) electrons. The van der Waals surface area contributed by atoms with Crippen molar-refractivity contribution >= 4 is 5.91 Å². The smallest absolute Gasteiger partial charge is 0.219 e. The highest BCUT2D eigenvalue weighted by molar-refractivity contribution is 5.73. The predicted octanol–water partition coefficient (Wildman–Crippen LogP) is 2.36. The highest BCUT2D eigenvalue weighted by Gasteiger charge is 2.21. The van der Waals surface area contributed by atoms with Crippen LogP contribution in [0.2, 0.25) is 0 Å². The van der Waals surface area contributed by atoms with Crippen molar-refractivity contribution < 1.29 is 9.18 Å². The summed E-state index contributed by atoms with van der Waals surface area (Å²) in [7, 11) is 0. The lowest BCUT2D eigenvalue weighted by Gasteiger charge is -2.33. The lowest BCUT2D eigenvalue weighted by atomic mass is 10.0. The van der Waals surface area contributed by atoms with Crippen LogP contribution in [0.1, 0.15) is 32.3 Å². The number of amides is 1.